The molecule has 0 aliphatic heterocycles. The molecule has 0 aromatic carbocycles. The minimum atomic E-state index is -0.557. The van der Waals surface area contributed by atoms with Crippen LogP contribution in [0.25, 0.3) is 0 Å². The molecule has 1 aromatic rings. The number of pyridine rings is 1. The van der Waals surface area contributed by atoms with E-state index in [-0.39, 0.29) is 5.91 Å². The van der Waals surface area contributed by atoms with E-state index in [4.69, 9.17) is 5.73 Å². The van der Waals surface area contributed by atoms with Gasteiger partial charge in [0.2, 0.25) is 11.9 Å². The number of rotatable bonds is 3. The standard InChI is InChI=1S/C14H20FN3O/c1-10-4-6-14(9-16,7-5-10)13(19)18-11-2-3-12(15)17-8-11/h2-3,8,10H,4-7,9,16H2,1H3,(H,18,19). The molecule has 5 heteroatoms. The van der Waals surface area contributed by atoms with Crippen LogP contribution in [0.3, 0.4) is 0 Å². The number of amides is 1. The van der Waals surface area contributed by atoms with E-state index in [1.807, 2.05) is 0 Å². The fourth-order valence-electron chi connectivity index (χ4n) is 2.55. The average molecular weight is 265 g/mol. The minimum absolute atomic E-state index is 0.0738. The SMILES string of the molecule is CC1CCC(CN)(C(=O)Nc2ccc(F)nc2)CC1. The first-order chi connectivity index (χ1) is 9.05. The Balaban J connectivity index is 2.06. The summed E-state index contributed by atoms with van der Waals surface area (Å²) in [6.07, 6.45) is 4.98. The van der Waals surface area contributed by atoms with Crippen LogP contribution in [-0.2, 0) is 4.79 Å². The summed E-state index contributed by atoms with van der Waals surface area (Å²) in [4.78, 5) is 15.9. The Bertz CT molecular complexity index is 439. The molecule has 19 heavy (non-hydrogen) atoms. The van der Waals surface area contributed by atoms with E-state index >= 15 is 0 Å². The molecule has 0 radical (unpaired) electrons. The van der Waals surface area contributed by atoms with Crippen LogP contribution >= 0.6 is 0 Å². The van der Waals surface area contributed by atoms with E-state index in [0.717, 1.165) is 25.7 Å². The first-order valence-corrected chi connectivity index (χ1v) is 6.69. The van der Waals surface area contributed by atoms with Crippen LogP contribution in [0, 0.1) is 17.3 Å². The van der Waals surface area contributed by atoms with Gasteiger partial charge in [-0.05, 0) is 43.7 Å². The van der Waals surface area contributed by atoms with E-state index in [0.29, 0.717) is 18.2 Å². The maximum Gasteiger partial charge on any atom is 0.231 e. The van der Waals surface area contributed by atoms with Gasteiger partial charge in [-0.25, -0.2) is 4.98 Å². The first-order valence-electron chi connectivity index (χ1n) is 6.69. The fourth-order valence-corrected chi connectivity index (χ4v) is 2.55. The lowest BCUT2D eigenvalue weighted by Crippen LogP contribution is -2.44. The van der Waals surface area contributed by atoms with Crippen molar-refractivity contribution in [3.8, 4) is 0 Å². The summed E-state index contributed by atoms with van der Waals surface area (Å²) in [5.41, 5.74) is 5.85. The molecule has 0 atom stereocenters. The third-order valence-electron chi connectivity index (χ3n) is 4.09. The monoisotopic (exact) mass is 265 g/mol. The van der Waals surface area contributed by atoms with E-state index in [1.54, 1.807) is 0 Å². The molecule has 4 nitrogen and oxygen atoms in total. The number of carbonyl (C=O) groups is 1. The molecule has 0 saturated heterocycles. The summed E-state index contributed by atoms with van der Waals surface area (Å²) in [5, 5.41) is 2.80. The summed E-state index contributed by atoms with van der Waals surface area (Å²) in [6.45, 7) is 2.54. The molecule has 3 N–H and O–H groups in total. The smallest absolute Gasteiger partial charge is 0.231 e. The molecule has 1 amide bonds. The Morgan fingerprint density at radius 1 is 1.53 bits per heavy atom. The first kappa shape index (κ1) is 13.9. The Morgan fingerprint density at radius 2 is 2.21 bits per heavy atom. The van der Waals surface area contributed by atoms with Gasteiger partial charge in [-0.1, -0.05) is 6.92 Å². The van der Waals surface area contributed by atoms with Crippen molar-refractivity contribution < 1.29 is 9.18 Å². The molecule has 1 aliphatic rings. The Morgan fingerprint density at radius 3 is 2.74 bits per heavy atom. The van der Waals surface area contributed by atoms with Crippen molar-refractivity contribution in [2.45, 2.75) is 32.6 Å². The lowest BCUT2D eigenvalue weighted by molar-refractivity contribution is -0.127. The number of nitrogens with one attached hydrogen (secondary N) is 1. The highest BCUT2D eigenvalue weighted by Crippen LogP contribution is 2.38. The van der Waals surface area contributed by atoms with Crippen molar-refractivity contribution >= 4 is 11.6 Å². The summed E-state index contributed by atoms with van der Waals surface area (Å²) >= 11 is 0. The van der Waals surface area contributed by atoms with Crippen LogP contribution in [0.5, 0.6) is 0 Å². The third-order valence-corrected chi connectivity index (χ3v) is 4.09. The molecule has 0 unspecified atom stereocenters. The number of hydrogen-bond acceptors (Lipinski definition) is 3. The minimum Gasteiger partial charge on any atom is -0.329 e. The van der Waals surface area contributed by atoms with E-state index in [1.165, 1.54) is 18.3 Å². The lowest BCUT2D eigenvalue weighted by Gasteiger charge is -2.37. The van der Waals surface area contributed by atoms with Gasteiger partial charge in [0.15, 0.2) is 0 Å². The molecule has 1 fully saturated rings. The van der Waals surface area contributed by atoms with Crippen LogP contribution in [-0.4, -0.2) is 17.4 Å². The van der Waals surface area contributed by atoms with Crippen molar-refractivity contribution in [2.75, 3.05) is 11.9 Å². The zero-order chi connectivity index (χ0) is 13.9. The fraction of sp³-hybridized carbons (Fsp3) is 0.571. The summed E-state index contributed by atoms with van der Waals surface area (Å²) < 4.78 is 12.7. The number of aromatic nitrogens is 1. The molecular formula is C14H20FN3O. The second-order valence-electron chi connectivity index (χ2n) is 5.49. The second kappa shape index (κ2) is 5.65. The Kier molecular flexibility index (Phi) is 4.14. The van der Waals surface area contributed by atoms with Crippen LogP contribution in [0.1, 0.15) is 32.6 Å². The zero-order valence-electron chi connectivity index (χ0n) is 11.2. The number of halogens is 1. The molecule has 1 saturated carbocycles. The summed E-state index contributed by atoms with van der Waals surface area (Å²) in [5.74, 6) is 0.0216. The maximum atomic E-state index is 12.7. The Hall–Kier alpha value is -1.49. The van der Waals surface area contributed by atoms with E-state index < -0.39 is 11.4 Å². The number of nitrogens with two attached hydrogens (primary N) is 1. The summed E-state index contributed by atoms with van der Waals surface area (Å²) in [6, 6.07) is 2.74. The highest BCUT2D eigenvalue weighted by atomic mass is 19.1. The van der Waals surface area contributed by atoms with Gasteiger partial charge in [0, 0.05) is 6.54 Å². The van der Waals surface area contributed by atoms with Crippen molar-refractivity contribution in [1.82, 2.24) is 4.98 Å². The van der Waals surface area contributed by atoms with Gasteiger partial charge in [0.05, 0.1) is 17.3 Å². The zero-order valence-corrected chi connectivity index (χ0v) is 11.2. The van der Waals surface area contributed by atoms with Crippen molar-refractivity contribution in [3.05, 3.63) is 24.3 Å². The van der Waals surface area contributed by atoms with Gasteiger partial charge in [-0.15, -0.1) is 0 Å². The quantitative estimate of drug-likeness (QED) is 0.824. The average Bonchev–Trinajstić information content (AvgIpc) is 2.42. The third kappa shape index (κ3) is 3.10. The predicted molar refractivity (Wildman–Crippen MR) is 71.9 cm³/mol. The molecule has 0 spiro atoms. The van der Waals surface area contributed by atoms with E-state index in [9.17, 15) is 9.18 Å². The number of hydrogen-bond donors (Lipinski definition) is 2. The molecule has 0 bridgehead atoms. The largest absolute Gasteiger partial charge is 0.329 e. The molecule has 2 rings (SSSR count). The van der Waals surface area contributed by atoms with E-state index in [2.05, 4.69) is 17.2 Å². The van der Waals surface area contributed by atoms with Crippen LogP contribution in [0.2, 0.25) is 0 Å². The van der Waals surface area contributed by atoms with Crippen molar-refractivity contribution in [3.63, 3.8) is 0 Å². The Labute approximate surface area is 112 Å². The molecule has 1 aromatic heterocycles. The van der Waals surface area contributed by atoms with Gasteiger partial charge >= 0.3 is 0 Å². The topological polar surface area (TPSA) is 68.0 Å². The number of carbonyl (C=O) groups excluding carboxylic acids is 1. The highest BCUT2D eigenvalue weighted by molar-refractivity contribution is 5.95. The van der Waals surface area contributed by atoms with Crippen LogP contribution in [0.4, 0.5) is 10.1 Å². The molecule has 104 valence electrons. The van der Waals surface area contributed by atoms with Gasteiger partial charge in [0.25, 0.3) is 0 Å². The van der Waals surface area contributed by atoms with Crippen LogP contribution < -0.4 is 11.1 Å². The van der Waals surface area contributed by atoms with Crippen molar-refractivity contribution in [1.29, 1.82) is 0 Å². The van der Waals surface area contributed by atoms with Crippen LogP contribution in [0.15, 0.2) is 18.3 Å². The molecular weight excluding hydrogens is 245 g/mol. The van der Waals surface area contributed by atoms with Gasteiger partial charge < -0.3 is 11.1 Å². The molecule has 1 heterocycles. The maximum absolute atomic E-state index is 12.7. The number of anilines is 1. The predicted octanol–water partition coefficient (Wildman–Crippen LogP) is 2.31. The van der Waals surface area contributed by atoms with Crippen molar-refractivity contribution in [2.24, 2.45) is 17.1 Å². The number of nitrogens with zero attached hydrogens (tertiary/aromatic N) is 1. The summed E-state index contributed by atoms with van der Waals surface area (Å²) in [7, 11) is 0. The van der Waals surface area contributed by atoms with Gasteiger partial charge in [0.1, 0.15) is 0 Å². The van der Waals surface area contributed by atoms with Gasteiger partial charge in [-0.3, -0.25) is 4.79 Å². The lowest BCUT2D eigenvalue weighted by atomic mass is 9.70. The van der Waals surface area contributed by atoms with Gasteiger partial charge in [-0.2, -0.15) is 4.39 Å². The highest BCUT2D eigenvalue weighted by Gasteiger charge is 2.39. The molecule has 1 aliphatic carbocycles. The normalized spacial score (nSPS) is 27.0. The second-order valence-corrected chi connectivity index (χ2v) is 5.49.